The maximum Gasteiger partial charge on any atom is 0.308 e. The molecule has 5 nitrogen and oxygen atoms in total. The van der Waals surface area contributed by atoms with Crippen LogP contribution in [0.5, 0.6) is 0 Å². The van der Waals surface area contributed by atoms with E-state index in [2.05, 4.69) is 9.97 Å². The van der Waals surface area contributed by atoms with Gasteiger partial charge in [0.25, 0.3) is 0 Å². The summed E-state index contributed by atoms with van der Waals surface area (Å²) in [5.74, 6) is 0.591. The molecule has 1 aromatic heterocycles. The van der Waals surface area contributed by atoms with Crippen LogP contribution in [-0.4, -0.2) is 34.1 Å². The van der Waals surface area contributed by atoms with Crippen molar-refractivity contribution in [3.8, 4) is 11.3 Å². The zero-order valence-corrected chi connectivity index (χ0v) is 13.2. The van der Waals surface area contributed by atoms with Gasteiger partial charge in [-0.05, 0) is 43.5 Å². The van der Waals surface area contributed by atoms with E-state index < -0.39 is 5.97 Å². The Morgan fingerprint density at radius 1 is 1.17 bits per heavy atom. The molecular weight excluding hydrogens is 309 g/mol. The lowest BCUT2D eigenvalue weighted by atomic mass is 10.1. The van der Waals surface area contributed by atoms with Crippen molar-refractivity contribution in [2.45, 2.75) is 25.2 Å². The number of nitrogens with zero attached hydrogens (tertiary/aromatic N) is 3. The third kappa shape index (κ3) is 2.96. The van der Waals surface area contributed by atoms with Gasteiger partial charge in [-0.2, -0.15) is 0 Å². The summed E-state index contributed by atoms with van der Waals surface area (Å²) in [4.78, 5) is 22.5. The minimum Gasteiger partial charge on any atom is -0.481 e. The molecule has 2 aromatic rings. The summed E-state index contributed by atoms with van der Waals surface area (Å²) >= 11 is 0. The standard InChI is InChI=1S/C18H18FN3O2/c19-14-5-3-11(4-6-14)15-9-16(21-17(20-15)12-1-2-12)22-8-7-13(10-22)18(23)24/h3-6,9,12-13H,1-2,7-8,10H2,(H,23,24). The third-order valence-electron chi connectivity index (χ3n) is 4.67. The molecule has 124 valence electrons. The van der Waals surface area contributed by atoms with Crippen LogP contribution in [0.15, 0.2) is 30.3 Å². The average Bonchev–Trinajstić information content (AvgIpc) is 3.31. The van der Waals surface area contributed by atoms with Crippen LogP contribution in [0.3, 0.4) is 0 Å². The Hall–Kier alpha value is -2.50. The summed E-state index contributed by atoms with van der Waals surface area (Å²) in [6, 6.07) is 8.14. The van der Waals surface area contributed by atoms with Crippen LogP contribution in [0.25, 0.3) is 11.3 Å². The van der Waals surface area contributed by atoms with E-state index in [9.17, 15) is 14.3 Å². The number of aliphatic carboxylic acids is 1. The summed E-state index contributed by atoms with van der Waals surface area (Å²) in [5, 5.41) is 9.19. The van der Waals surface area contributed by atoms with Gasteiger partial charge in [0.2, 0.25) is 0 Å². The largest absolute Gasteiger partial charge is 0.481 e. The SMILES string of the molecule is O=C(O)C1CCN(c2cc(-c3ccc(F)cc3)nc(C3CC3)n2)C1. The topological polar surface area (TPSA) is 66.3 Å². The van der Waals surface area contributed by atoms with Gasteiger partial charge in [0, 0.05) is 30.6 Å². The van der Waals surface area contributed by atoms with E-state index in [-0.39, 0.29) is 11.7 Å². The summed E-state index contributed by atoms with van der Waals surface area (Å²) in [5.41, 5.74) is 1.61. The predicted octanol–water partition coefficient (Wildman–Crippen LogP) is 3.07. The molecule has 2 aliphatic rings. The summed E-state index contributed by atoms with van der Waals surface area (Å²) in [7, 11) is 0. The Balaban J connectivity index is 1.69. The predicted molar refractivity (Wildman–Crippen MR) is 87.4 cm³/mol. The quantitative estimate of drug-likeness (QED) is 0.935. The fraction of sp³-hybridized carbons (Fsp3) is 0.389. The zero-order valence-electron chi connectivity index (χ0n) is 13.2. The molecular formula is C18H18FN3O2. The van der Waals surface area contributed by atoms with Crippen molar-refractivity contribution in [1.29, 1.82) is 0 Å². The minimum atomic E-state index is -0.757. The summed E-state index contributed by atoms with van der Waals surface area (Å²) in [6.45, 7) is 1.15. The average molecular weight is 327 g/mol. The van der Waals surface area contributed by atoms with Crippen molar-refractivity contribution >= 4 is 11.8 Å². The molecule has 4 rings (SSSR count). The lowest BCUT2D eigenvalue weighted by molar-refractivity contribution is -0.140. The van der Waals surface area contributed by atoms with Gasteiger partial charge < -0.3 is 10.0 Å². The number of carboxylic acid groups (broad SMARTS) is 1. The van der Waals surface area contributed by atoms with Crippen LogP contribution in [0, 0.1) is 11.7 Å². The molecule has 2 fully saturated rings. The molecule has 2 heterocycles. The van der Waals surface area contributed by atoms with Crippen LogP contribution < -0.4 is 4.90 Å². The van der Waals surface area contributed by atoms with Crippen molar-refractivity contribution in [3.63, 3.8) is 0 Å². The van der Waals surface area contributed by atoms with Crippen LogP contribution in [0.1, 0.15) is 31.0 Å². The molecule has 1 aliphatic heterocycles. The Morgan fingerprint density at radius 2 is 1.92 bits per heavy atom. The van der Waals surface area contributed by atoms with Crippen LogP contribution in [-0.2, 0) is 4.79 Å². The molecule has 0 bridgehead atoms. The molecule has 1 N–H and O–H groups in total. The number of anilines is 1. The van der Waals surface area contributed by atoms with Crippen molar-refractivity contribution in [3.05, 3.63) is 42.0 Å². The van der Waals surface area contributed by atoms with Crippen LogP contribution in [0.4, 0.5) is 10.2 Å². The normalized spacial score (nSPS) is 20.4. The molecule has 24 heavy (non-hydrogen) atoms. The number of hydrogen-bond acceptors (Lipinski definition) is 4. The molecule has 1 aromatic carbocycles. The number of halogens is 1. The Labute approximate surface area is 139 Å². The highest BCUT2D eigenvalue weighted by Gasteiger charge is 2.31. The summed E-state index contributed by atoms with van der Waals surface area (Å²) < 4.78 is 13.2. The van der Waals surface area contributed by atoms with Crippen molar-refractivity contribution in [2.24, 2.45) is 5.92 Å². The van der Waals surface area contributed by atoms with Gasteiger partial charge in [-0.1, -0.05) is 0 Å². The van der Waals surface area contributed by atoms with Gasteiger partial charge in [0.05, 0.1) is 11.6 Å². The molecule has 1 saturated heterocycles. The second kappa shape index (κ2) is 5.85. The smallest absolute Gasteiger partial charge is 0.308 e. The van der Waals surface area contributed by atoms with Gasteiger partial charge in [-0.3, -0.25) is 4.79 Å². The second-order valence-electron chi connectivity index (χ2n) is 6.52. The van der Waals surface area contributed by atoms with E-state index in [1.807, 2.05) is 11.0 Å². The highest BCUT2D eigenvalue weighted by molar-refractivity contribution is 5.72. The van der Waals surface area contributed by atoms with Crippen molar-refractivity contribution in [2.75, 3.05) is 18.0 Å². The maximum atomic E-state index is 13.2. The molecule has 1 unspecified atom stereocenters. The first kappa shape index (κ1) is 15.1. The second-order valence-corrected chi connectivity index (χ2v) is 6.52. The first-order valence-electron chi connectivity index (χ1n) is 8.23. The van der Waals surface area contributed by atoms with Gasteiger partial charge in [-0.25, -0.2) is 14.4 Å². The number of aromatic nitrogens is 2. The minimum absolute atomic E-state index is 0.278. The Kier molecular flexibility index (Phi) is 3.67. The van der Waals surface area contributed by atoms with Gasteiger partial charge in [0.1, 0.15) is 17.5 Å². The van der Waals surface area contributed by atoms with Crippen LogP contribution >= 0.6 is 0 Å². The van der Waals surface area contributed by atoms with E-state index in [1.165, 1.54) is 12.1 Å². The third-order valence-corrected chi connectivity index (χ3v) is 4.67. The van der Waals surface area contributed by atoms with E-state index in [4.69, 9.17) is 0 Å². The number of carbonyl (C=O) groups is 1. The Morgan fingerprint density at radius 3 is 2.54 bits per heavy atom. The molecule has 1 saturated carbocycles. The van der Waals surface area contributed by atoms with E-state index >= 15 is 0 Å². The number of benzene rings is 1. The van der Waals surface area contributed by atoms with E-state index in [0.29, 0.717) is 25.4 Å². The fourth-order valence-electron chi connectivity index (χ4n) is 3.08. The van der Waals surface area contributed by atoms with E-state index in [1.54, 1.807) is 12.1 Å². The van der Waals surface area contributed by atoms with Gasteiger partial charge >= 0.3 is 5.97 Å². The zero-order chi connectivity index (χ0) is 16.7. The molecule has 0 amide bonds. The molecule has 1 aliphatic carbocycles. The summed E-state index contributed by atoms with van der Waals surface area (Å²) in [6.07, 6.45) is 2.80. The number of hydrogen-bond donors (Lipinski definition) is 1. The first-order valence-corrected chi connectivity index (χ1v) is 8.23. The first-order chi connectivity index (χ1) is 11.6. The van der Waals surface area contributed by atoms with Gasteiger partial charge in [-0.15, -0.1) is 0 Å². The molecule has 1 atom stereocenters. The van der Waals surface area contributed by atoms with Gasteiger partial charge in [0.15, 0.2) is 0 Å². The monoisotopic (exact) mass is 327 g/mol. The van der Waals surface area contributed by atoms with Crippen LogP contribution in [0.2, 0.25) is 0 Å². The number of rotatable bonds is 4. The van der Waals surface area contributed by atoms with Crippen molar-refractivity contribution in [1.82, 2.24) is 9.97 Å². The Bertz CT molecular complexity index is 774. The van der Waals surface area contributed by atoms with Crippen molar-refractivity contribution < 1.29 is 14.3 Å². The number of carboxylic acids is 1. The van der Waals surface area contributed by atoms with E-state index in [0.717, 1.165) is 35.7 Å². The molecule has 0 radical (unpaired) electrons. The molecule has 0 spiro atoms. The lowest BCUT2D eigenvalue weighted by Gasteiger charge is -2.18. The fourth-order valence-corrected chi connectivity index (χ4v) is 3.08. The lowest BCUT2D eigenvalue weighted by Crippen LogP contribution is -2.24. The molecule has 6 heteroatoms. The highest BCUT2D eigenvalue weighted by Crippen LogP contribution is 2.40. The maximum absolute atomic E-state index is 13.2. The highest BCUT2D eigenvalue weighted by atomic mass is 19.1.